The maximum Gasteiger partial charge on any atom is 0.135 e. The zero-order valence-electron chi connectivity index (χ0n) is 14.1. The van der Waals surface area contributed by atoms with Gasteiger partial charge in [-0.05, 0) is 59.3 Å². The Morgan fingerprint density at radius 2 is 1.56 bits per heavy atom. The molecule has 0 radical (unpaired) electrons. The van der Waals surface area contributed by atoms with Gasteiger partial charge in [0.15, 0.2) is 0 Å². The van der Waals surface area contributed by atoms with E-state index < -0.39 is 0 Å². The Labute approximate surface area is 154 Å². The van der Waals surface area contributed by atoms with Crippen LogP contribution in [0.25, 0.3) is 28.1 Å². The predicted octanol–water partition coefficient (Wildman–Crippen LogP) is 4.72. The summed E-state index contributed by atoms with van der Waals surface area (Å²) < 4.78 is 15.0. The highest BCUT2D eigenvalue weighted by Gasteiger charge is 2.20. The summed E-state index contributed by atoms with van der Waals surface area (Å²) in [5, 5.41) is 7.57. The first-order valence-electron chi connectivity index (χ1n) is 8.16. The van der Waals surface area contributed by atoms with Crippen molar-refractivity contribution in [2.45, 2.75) is 0 Å². The molecular weight excluding hydrogens is 345 g/mol. The van der Waals surface area contributed by atoms with Gasteiger partial charge in [0.25, 0.3) is 0 Å². The van der Waals surface area contributed by atoms with E-state index in [2.05, 4.69) is 15.3 Å². The molecule has 27 heavy (non-hydrogen) atoms. The van der Waals surface area contributed by atoms with Crippen LogP contribution in [-0.2, 0) is 0 Å². The van der Waals surface area contributed by atoms with Crippen LogP contribution < -0.4 is 5.73 Å². The van der Waals surface area contributed by atoms with Crippen molar-refractivity contribution >= 4 is 11.5 Å². The van der Waals surface area contributed by atoms with Gasteiger partial charge in [-0.2, -0.15) is 5.10 Å². The minimum atomic E-state index is -0.327. The largest absolute Gasteiger partial charge is 0.383 e. The summed E-state index contributed by atoms with van der Waals surface area (Å²) in [6.07, 6.45) is 3.34. The van der Waals surface area contributed by atoms with Crippen molar-refractivity contribution < 1.29 is 4.39 Å². The monoisotopic (exact) mass is 359 g/mol. The topological polar surface area (TPSA) is 86.2 Å². The third-order valence-electron chi connectivity index (χ3n) is 4.21. The zero-order chi connectivity index (χ0) is 18.8. The van der Waals surface area contributed by atoms with E-state index in [0.717, 1.165) is 11.1 Å². The normalized spacial score (nSPS) is 10.7. The van der Waals surface area contributed by atoms with E-state index >= 15 is 0 Å². The summed E-state index contributed by atoms with van der Waals surface area (Å²) in [6, 6.07) is 16.4. The Kier molecular flexibility index (Phi) is 4.18. The lowest BCUT2D eigenvalue weighted by Crippen LogP contribution is -2.02. The molecule has 0 unspecified atom stereocenters. The van der Waals surface area contributed by atoms with Crippen molar-refractivity contribution in [1.82, 2.24) is 14.8 Å². The Morgan fingerprint density at radius 3 is 2.19 bits per heavy atom. The van der Waals surface area contributed by atoms with E-state index in [-0.39, 0.29) is 5.82 Å². The lowest BCUT2D eigenvalue weighted by atomic mass is 10.0. The molecule has 4 rings (SSSR count). The molecule has 132 valence electrons. The molecule has 0 aliphatic heterocycles. The van der Waals surface area contributed by atoms with Crippen molar-refractivity contribution in [2.75, 3.05) is 5.73 Å². The lowest BCUT2D eigenvalue weighted by molar-refractivity contribution is 0.628. The molecule has 0 bridgehead atoms. The molecule has 0 atom stereocenters. The van der Waals surface area contributed by atoms with E-state index in [0.29, 0.717) is 28.5 Å². The molecule has 6 nitrogen and oxygen atoms in total. The van der Waals surface area contributed by atoms with Crippen molar-refractivity contribution in [2.24, 2.45) is 5.18 Å². The summed E-state index contributed by atoms with van der Waals surface area (Å²) >= 11 is 0. The molecule has 2 N–H and O–H groups in total. The van der Waals surface area contributed by atoms with Crippen LogP contribution in [0.2, 0.25) is 0 Å². The summed E-state index contributed by atoms with van der Waals surface area (Å²) in [6.45, 7) is 0. The van der Waals surface area contributed by atoms with Crippen LogP contribution in [0, 0.1) is 10.7 Å². The molecule has 0 amide bonds. The molecule has 0 fully saturated rings. The highest BCUT2D eigenvalue weighted by molar-refractivity contribution is 5.88. The van der Waals surface area contributed by atoms with Gasteiger partial charge in [-0.1, -0.05) is 12.1 Å². The standard InChI is InChI=1S/C20H14FN5O/c21-15-3-1-13(2-4-15)18-19(14-9-11-23-12-10-14)24-26(20(18)22)17-7-5-16(25-27)6-8-17/h1-12H,22H2. The van der Waals surface area contributed by atoms with Crippen LogP contribution in [0.5, 0.6) is 0 Å². The number of hydrogen-bond acceptors (Lipinski definition) is 5. The number of anilines is 1. The molecule has 2 aromatic heterocycles. The fraction of sp³-hybridized carbons (Fsp3) is 0. The maximum absolute atomic E-state index is 13.4. The number of pyridine rings is 1. The number of hydrogen-bond donors (Lipinski definition) is 1. The number of nitroso groups, excluding NO2 is 1. The smallest absolute Gasteiger partial charge is 0.135 e. The minimum absolute atomic E-state index is 0.317. The number of nitrogen functional groups attached to an aromatic ring is 1. The Bertz CT molecular complexity index is 1090. The van der Waals surface area contributed by atoms with Crippen LogP contribution in [0.3, 0.4) is 0 Å². The fourth-order valence-corrected chi connectivity index (χ4v) is 2.90. The fourth-order valence-electron chi connectivity index (χ4n) is 2.90. The Morgan fingerprint density at radius 1 is 0.889 bits per heavy atom. The molecule has 2 aromatic carbocycles. The van der Waals surface area contributed by atoms with Crippen LogP contribution in [0.15, 0.2) is 78.2 Å². The van der Waals surface area contributed by atoms with E-state index in [9.17, 15) is 9.30 Å². The SMILES string of the molecule is Nc1c(-c2ccc(F)cc2)c(-c2ccncc2)nn1-c1ccc(N=O)cc1. The molecule has 2 heterocycles. The van der Waals surface area contributed by atoms with Gasteiger partial charge in [0.05, 0.1) is 11.3 Å². The van der Waals surface area contributed by atoms with Gasteiger partial charge in [-0.25, -0.2) is 9.07 Å². The molecule has 0 saturated carbocycles. The molecular formula is C20H14FN5O. The second-order valence-electron chi connectivity index (χ2n) is 5.87. The Balaban J connectivity index is 1.93. The van der Waals surface area contributed by atoms with Crippen LogP contribution in [-0.4, -0.2) is 14.8 Å². The van der Waals surface area contributed by atoms with Gasteiger partial charge in [0.1, 0.15) is 23.0 Å². The van der Waals surface area contributed by atoms with E-state index in [1.165, 1.54) is 12.1 Å². The summed E-state index contributed by atoms with van der Waals surface area (Å²) in [4.78, 5) is 14.7. The molecule has 0 aliphatic rings. The first-order chi connectivity index (χ1) is 13.2. The van der Waals surface area contributed by atoms with Crippen LogP contribution in [0.4, 0.5) is 15.9 Å². The van der Waals surface area contributed by atoms with E-state index in [1.54, 1.807) is 53.5 Å². The highest BCUT2D eigenvalue weighted by atomic mass is 19.1. The number of nitrogens with two attached hydrogens (primary N) is 1. The molecule has 0 aliphatic carbocycles. The Hall–Kier alpha value is -3.87. The van der Waals surface area contributed by atoms with Gasteiger partial charge < -0.3 is 5.73 Å². The average Bonchev–Trinajstić information content (AvgIpc) is 3.06. The van der Waals surface area contributed by atoms with Crippen LogP contribution >= 0.6 is 0 Å². The van der Waals surface area contributed by atoms with E-state index in [1.807, 2.05) is 12.1 Å². The van der Waals surface area contributed by atoms with Crippen molar-refractivity contribution in [3.63, 3.8) is 0 Å². The second-order valence-corrected chi connectivity index (χ2v) is 5.87. The molecule has 4 aromatic rings. The molecule has 0 saturated heterocycles. The van der Waals surface area contributed by atoms with Gasteiger partial charge >= 0.3 is 0 Å². The second kappa shape index (κ2) is 6.80. The number of halogens is 1. The third-order valence-corrected chi connectivity index (χ3v) is 4.21. The molecule has 7 heteroatoms. The van der Waals surface area contributed by atoms with Crippen molar-refractivity contribution in [3.8, 4) is 28.1 Å². The van der Waals surface area contributed by atoms with Gasteiger partial charge in [0.2, 0.25) is 0 Å². The van der Waals surface area contributed by atoms with Crippen LogP contribution in [0.1, 0.15) is 0 Å². The van der Waals surface area contributed by atoms with Crippen molar-refractivity contribution in [3.05, 3.63) is 83.8 Å². The van der Waals surface area contributed by atoms with Gasteiger partial charge in [-0.15, -0.1) is 4.91 Å². The first kappa shape index (κ1) is 16.6. The summed E-state index contributed by atoms with van der Waals surface area (Å²) in [7, 11) is 0. The minimum Gasteiger partial charge on any atom is -0.383 e. The summed E-state index contributed by atoms with van der Waals surface area (Å²) in [5.41, 5.74) is 10.3. The van der Waals surface area contributed by atoms with Gasteiger partial charge in [-0.3, -0.25) is 4.98 Å². The van der Waals surface area contributed by atoms with E-state index in [4.69, 9.17) is 5.73 Å². The third kappa shape index (κ3) is 3.06. The number of nitrogens with zero attached hydrogens (tertiary/aromatic N) is 4. The summed E-state index contributed by atoms with van der Waals surface area (Å²) in [5.74, 6) is 0.0763. The first-order valence-corrected chi connectivity index (χ1v) is 8.16. The van der Waals surface area contributed by atoms with Crippen molar-refractivity contribution in [1.29, 1.82) is 0 Å². The average molecular weight is 359 g/mol. The highest BCUT2D eigenvalue weighted by Crippen LogP contribution is 2.37. The number of benzene rings is 2. The quantitative estimate of drug-likeness (QED) is 0.534. The lowest BCUT2D eigenvalue weighted by Gasteiger charge is -2.06. The molecule has 0 spiro atoms. The van der Waals surface area contributed by atoms with Gasteiger partial charge in [0, 0.05) is 18.0 Å². The number of rotatable bonds is 4. The number of aromatic nitrogens is 3. The zero-order valence-corrected chi connectivity index (χ0v) is 14.1. The maximum atomic E-state index is 13.4. The predicted molar refractivity (Wildman–Crippen MR) is 102 cm³/mol.